The van der Waals surface area contributed by atoms with E-state index in [2.05, 4.69) is 15.5 Å². The normalized spacial score (nSPS) is 21.6. The van der Waals surface area contributed by atoms with Crippen LogP contribution < -0.4 is 10.6 Å². The third-order valence-electron chi connectivity index (χ3n) is 6.40. The molecular formula is C26H39N5O4. The molecule has 35 heavy (non-hydrogen) atoms. The number of carbonyl (C=O) groups is 3. The fourth-order valence-electron chi connectivity index (χ4n) is 4.62. The number of likely N-dealkylation sites (N-methyl/N-ethyl adjacent to an activating group) is 1. The highest BCUT2D eigenvalue weighted by molar-refractivity contribution is 5.95. The molecule has 2 atom stereocenters. The summed E-state index contributed by atoms with van der Waals surface area (Å²) in [7, 11) is 1.68. The van der Waals surface area contributed by atoms with Crippen molar-refractivity contribution in [2.24, 2.45) is 0 Å². The number of benzene rings is 1. The molecule has 2 aliphatic rings. The van der Waals surface area contributed by atoms with Crippen LogP contribution >= 0.6 is 0 Å². The van der Waals surface area contributed by atoms with Gasteiger partial charge in [0.15, 0.2) is 0 Å². The molecule has 0 saturated carbocycles. The van der Waals surface area contributed by atoms with Gasteiger partial charge in [-0.3, -0.25) is 9.80 Å². The van der Waals surface area contributed by atoms with Crippen molar-refractivity contribution < 1.29 is 19.1 Å². The van der Waals surface area contributed by atoms with Gasteiger partial charge in [0.05, 0.1) is 18.2 Å². The Balaban J connectivity index is 1.90. The van der Waals surface area contributed by atoms with Crippen molar-refractivity contribution in [3.05, 3.63) is 46.7 Å². The molecule has 9 nitrogen and oxygen atoms in total. The molecule has 0 unspecified atom stereocenters. The molecule has 2 heterocycles. The van der Waals surface area contributed by atoms with Gasteiger partial charge in [0, 0.05) is 50.5 Å². The van der Waals surface area contributed by atoms with Crippen molar-refractivity contribution in [1.82, 2.24) is 25.3 Å². The second-order valence-corrected chi connectivity index (χ2v) is 10.3. The fraction of sp³-hybridized carbons (Fsp3) is 0.577. The van der Waals surface area contributed by atoms with Crippen LogP contribution in [0.15, 0.2) is 35.5 Å². The Morgan fingerprint density at radius 2 is 1.89 bits per heavy atom. The van der Waals surface area contributed by atoms with E-state index in [0.717, 1.165) is 11.1 Å². The zero-order valence-electron chi connectivity index (χ0n) is 22.0. The molecule has 9 heteroatoms. The van der Waals surface area contributed by atoms with E-state index >= 15 is 0 Å². The van der Waals surface area contributed by atoms with E-state index in [-0.39, 0.29) is 30.2 Å². The summed E-state index contributed by atoms with van der Waals surface area (Å²) < 4.78 is 5.44. The van der Waals surface area contributed by atoms with E-state index < -0.39 is 12.0 Å². The van der Waals surface area contributed by atoms with E-state index in [1.807, 2.05) is 63.8 Å². The molecule has 0 radical (unpaired) electrons. The summed E-state index contributed by atoms with van der Waals surface area (Å²) in [6, 6.07) is 6.77. The van der Waals surface area contributed by atoms with Crippen molar-refractivity contribution in [2.45, 2.75) is 59.2 Å². The number of nitrogens with zero attached hydrogens (tertiary/aromatic N) is 3. The summed E-state index contributed by atoms with van der Waals surface area (Å²) in [5.74, 6) is -0.432. The average Bonchev–Trinajstić information content (AvgIpc) is 2.76. The van der Waals surface area contributed by atoms with Crippen LogP contribution in [0.1, 0.15) is 51.8 Å². The Morgan fingerprint density at radius 3 is 2.49 bits per heavy atom. The van der Waals surface area contributed by atoms with E-state index in [4.69, 9.17) is 4.74 Å². The number of rotatable bonds is 5. The predicted octanol–water partition coefficient (Wildman–Crippen LogP) is 3.02. The van der Waals surface area contributed by atoms with Gasteiger partial charge in [-0.15, -0.1) is 0 Å². The number of aryl methyl sites for hydroxylation is 1. The van der Waals surface area contributed by atoms with Crippen molar-refractivity contribution >= 4 is 18.0 Å². The maximum absolute atomic E-state index is 13.2. The molecule has 1 fully saturated rings. The number of urea groups is 2. The molecule has 1 aromatic carbocycles. The third kappa shape index (κ3) is 6.14. The molecule has 0 bridgehead atoms. The summed E-state index contributed by atoms with van der Waals surface area (Å²) >= 11 is 0. The number of hydrogen-bond acceptors (Lipinski definition) is 5. The van der Waals surface area contributed by atoms with Gasteiger partial charge in [-0.25, -0.2) is 14.4 Å². The Kier molecular flexibility index (Phi) is 8.10. The molecule has 2 N–H and O–H groups in total. The minimum atomic E-state index is -0.592. The zero-order chi connectivity index (χ0) is 25.9. The van der Waals surface area contributed by atoms with Crippen LogP contribution in [-0.4, -0.2) is 84.1 Å². The van der Waals surface area contributed by atoms with Crippen LogP contribution in [0.4, 0.5) is 9.59 Å². The molecule has 0 aliphatic carbocycles. The molecule has 1 saturated heterocycles. The first-order valence-corrected chi connectivity index (χ1v) is 12.2. The van der Waals surface area contributed by atoms with E-state index in [0.29, 0.717) is 37.4 Å². The van der Waals surface area contributed by atoms with Crippen molar-refractivity contribution in [1.29, 1.82) is 0 Å². The smallest absolute Gasteiger partial charge is 0.338 e. The summed E-state index contributed by atoms with van der Waals surface area (Å²) in [6.45, 7) is 14.1. The lowest BCUT2D eigenvalue weighted by Gasteiger charge is -2.43. The lowest BCUT2D eigenvalue weighted by molar-refractivity contribution is -0.139. The Bertz CT molecular complexity index is 1000. The van der Waals surface area contributed by atoms with E-state index in [1.165, 1.54) is 4.90 Å². The maximum Gasteiger partial charge on any atom is 0.338 e. The number of esters is 1. The second kappa shape index (κ2) is 10.7. The van der Waals surface area contributed by atoms with Gasteiger partial charge in [0.1, 0.15) is 0 Å². The van der Waals surface area contributed by atoms with Crippen LogP contribution in [0.25, 0.3) is 0 Å². The van der Waals surface area contributed by atoms with Gasteiger partial charge >= 0.3 is 18.0 Å². The van der Waals surface area contributed by atoms with Crippen LogP contribution in [0.5, 0.6) is 0 Å². The number of ether oxygens (including phenoxy) is 1. The topological polar surface area (TPSA) is 94.2 Å². The third-order valence-corrected chi connectivity index (χ3v) is 6.40. The molecule has 0 aromatic heterocycles. The average molecular weight is 486 g/mol. The highest BCUT2D eigenvalue weighted by Crippen LogP contribution is 2.33. The summed E-state index contributed by atoms with van der Waals surface area (Å²) in [5, 5.41) is 6.01. The quantitative estimate of drug-likeness (QED) is 0.626. The predicted molar refractivity (Wildman–Crippen MR) is 135 cm³/mol. The lowest BCUT2D eigenvalue weighted by atomic mass is 9.91. The van der Waals surface area contributed by atoms with Crippen LogP contribution in [-0.2, 0) is 9.53 Å². The first-order valence-electron chi connectivity index (χ1n) is 12.2. The number of carbonyl (C=O) groups excluding carboxylic acids is 3. The first-order chi connectivity index (χ1) is 16.4. The summed E-state index contributed by atoms with van der Waals surface area (Å²) in [6.07, 6.45) is 0. The van der Waals surface area contributed by atoms with Crippen LogP contribution in [0.3, 0.4) is 0 Å². The van der Waals surface area contributed by atoms with Gasteiger partial charge in [-0.1, -0.05) is 24.3 Å². The monoisotopic (exact) mass is 485 g/mol. The number of piperazine rings is 1. The van der Waals surface area contributed by atoms with Crippen molar-refractivity contribution in [2.75, 3.05) is 39.8 Å². The number of amides is 4. The van der Waals surface area contributed by atoms with Gasteiger partial charge in [-0.05, 0) is 52.7 Å². The van der Waals surface area contributed by atoms with Crippen LogP contribution in [0, 0.1) is 6.92 Å². The molecule has 4 amide bonds. The molecule has 1 aromatic rings. The molecule has 192 valence electrons. The number of nitrogens with one attached hydrogen (secondary N) is 2. The van der Waals surface area contributed by atoms with Crippen LogP contribution in [0.2, 0.25) is 0 Å². The minimum absolute atomic E-state index is 0.0207. The van der Waals surface area contributed by atoms with Crippen molar-refractivity contribution in [3.8, 4) is 0 Å². The van der Waals surface area contributed by atoms with Gasteiger partial charge < -0.3 is 20.3 Å². The molecule has 0 spiro atoms. The lowest BCUT2D eigenvalue weighted by Crippen LogP contribution is -2.59. The Labute approximate surface area is 208 Å². The standard InChI is InChI=1S/C26H39N5O4/c1-8-35-23(32)21-20(29(7)24(33)27-22(21)19-12-10-9-11-17(19)2)16-30-13-14-31(18(3)15-30)25(34)28-26(4,5)6/h9-12,18,22H,8,13-16H2,1-7H3,(H,27,33)(H,28,34)/t18-,22+/m0/s1. The zero-order valence-corrected chi connectivity index (χ0v) is 22.0. The molecule has 2 aliphatic heterocycles. The summed E-state index contributed by atoms with van der Waals surface area (Å²) in [4.78, 5) is 44.4. The van der Waals surface area contributed by atoms with E-state index in [1.54, 1.807) is 14.0 Å². The molecule has 3 rings (SSSR count). The highest BCUT2D eigenvalue weighted by atomic mass is 16.5. The summed E-state index contributed by atoms with van der Waals surface area (Å²) in [5.41, 5.74) is 2.61. The van der Waals surface area contributed by atoms with Crippen molar-refractivity contribution in [3.63, 3.8) is 0 Å². The second-order valence-electron chi connectivity index (χ2n) is 10.3. The largest absolute Gasteiger partial charge is 0.463 e. The van der Waals surface area contributed by atoms with Gasteiger partial charge in [-0.2, -0.15) is 0 Å². The van der Waals surface area contributed by atoms with Gasteiger partial charge in [0.2, 0.25) is 0 Å². The fourth-order valence-corrected chi connectivity index (χ4v) is 4.62. The maximum atomic E-state index is 13.2. The van der Waals surface area contributed by atoms with Gasteiger partial charge in [0.25, 0.3) is 0 Å². The Morgan fingerprint density at radius 1 is 1.20 bits per heavy atom. The first kappa shape index (κ1) is 26.5. The highest BCUT2D eigenvalue weighted by Gasteiger charge is 2.39. The minimum Gasteiger partial charge on any atom is -0.463 e. The number of hydrogen-bond donors (Lipinski definition) is 2. The van der Waals surface area contributed by atoms with E-state index in [9.17, 15) is 14.4 Å². The molecular weight excluding hydrogens is 446 g/mol. The Hall–Kier alpha value is -3.07. The SMILES string of the molecule is CCOC(=O)C1=C(CN2CCN(C(=O)NC(C)(C)C)[C@@H](C)C2)N(C)C(=O)N[C@@H]1c1ccccc1C.